The summed E-state index contributed by atoms with van der Waals surface area (Å²) >= 11 is 0. The standard InChI is InChI=1S/C17H22N8/c1-11-7-8-24(10-11)17-20-15(23(4)22-17)6-5-14-19-16-9-18-12(2)13(3)25(16)21-14/h5-6,9,11H,7-8,10H2,1-4H3/b6-5+. The maximum Gasteiger partial charge on any atom is 0.245 e. The van der Waals surface area contributed by atoms with Crippen LogP contribution in [-0.2, 0) is 7.05 Å². The highest BCUT2D eigenvalue weighted by Gasteiger charge is 2.22. The van der Waals surface area contributed by atoms with Crippen molar-refractivity contribution in [2.75, 3.05) is 18.0 Å². The van der Waals surface area contributed by atoms with E-state index in [2.05, 4.69) is 37.0 Å². The highest BCUT2D eigenvalue weighted by Crippen LogP contribution is 2.21. The van der Waals surface area contributed by atoms with Crippen LogP contribution in [0.1, 0.15) is 36.4 Å². The number of hydrogen-bond acceptors (Lipinski definition) is 6. The maximum absolute atomic E-state index is 4.64. The molecule has 0 N–H and O–H groups in total. The fraction of sp³-hybridized carbons (Fsp3) is 0.471. The Kier molecular flexibility index (Phi) is 3.74. The molecule has 1 fully saturated rings. The van der Waals surface area contributed by atoms with E-state index >= 15 is 0 Å². The molecule has 0 bridgehead atoms. The monoisotopic (exact) mass is 338 g/mol. The van der Waals surface area contributed by atoms with Gasteiger partial charge in [-0.2, -0.15) is 4.98 Å². The summed E-state index contributed by atoms with van der Waals surface area (Å²) in [5.74, 6) is 2.92. The Labute approximate surface area is 146 Å². The topological polar surface area (TPSA) is 77.0 Å². The molecule has 0 radical (unpaired) electrons. The first-order valence-corrected chi connectivity index (χ1v) is 8.54. The van der Waals surface area contributed by atoms with Crippen molar-refractivity contribution in [3.8, 4) is 0 Å². The lowest BCUT2D eigenvalue weighted by Crippen LogP contribution is -2.20. The summed E-state index contributed by atoms with van der Waals surface area (Å²) in [6.45, 7) is 8.26. The fourth-order valence-electron chi connectivity index (χ4n) is 3.07. The summed E-state index contributed by atoms with van der Waals surface area (Å²) in [7, 11) is 1.91. The first kappa shape index (κ1) is 15.7. The minimum absolute atomic E-state index is 0.634. The van der Waals surface area contributed by atoms with E-state index in [0.717, 1.165) is 41.9 Å². The summed E-state index contributed by atoms with van der Waals surface area (Å²) < 4.78 is 3.61. The summed E-state index contributed by atoms with van der Waals surface area (Å²) in [6.07, 6.45) is 6.70. The quantitative estimate of drug-likeness (QED) is 0.726. The van der Waals surface area contributed by atoms with E-state index in [4.69, 9.17) is 0 Å². The molecule has 0 spiro atoms. The van der Waals surface area contributed by atoms with Crippen molar-refractivity contribution in [3.05, 3.63) is 29.2 Å². The zero-order valence-electron chi connectivity index (χ0n) is 15.0. The molecule has 0 aliphatic carbocycles. The molecule has 1 atom stereocenters. The Morgan fingerprint density at radius 3 is 2.76 bits per heavy atom. The smallest absolute Gasteiger partial charge is 0.245 e. The third-order valence-corrected chi connectivity index (χ3v) is 4.74. The zero-order chi connectivity index (χ0) is 17.6. The highest BCUT2D eigenvalue weighted by molar-refractivity contribution is 5.64. The Morgan fingerprint density at radius 1 is 1.16 bits per heavy atom. The second kappa shape index (κ2) is 5.94. The van der Waals surface area contributed by atoms with Crippen LogP contribution < -0.4 is 4.90 Å². The van der Waals surface area contributed by atoms with Crippen molar-refractivity contribution < 1.29 is 0 Å². The molecule has 0 saturated carbocycles. The van der Waals surface area contributed by atoms with E-state index in [1.807, 2.05) is 37.6 Å². The molecule has 1 aliphatic heterocycles. The second-order valence-electron chi connectivity index (χ2n) is 6.74. The van der Waals surface area contributed by atoms with Crippen molar-refractivity contribution in [2.24, 2.45) is 13.0 Å². The van der Waals surface area contributed by atoms with Crippen LogP contribution in [0.15, 0.2) is 6.20 Å². The first-order chi connectivity index (χ1) is 12.0. The average Bonchev–Trinajstić information content (AvgIpc) is 3.28. The molecule has 0 amide bonds. The summed E-state index contributed by atoms with van der Waals surface area (Å²) in [4.78, 5) is 15.7. The van der Waals surface area contributed by atoms with Gasteiger partial charge in [0.05, 0.1) is 17.6 Å². The lowest BCUT2D eigenvalue weighted by molar-refractivity contribution is 0.657. The number of fused-ring (bicyclic) bond motifs is 1. The van der Waals surface area contributed by atoms with Crippen LogP contribution >= 0.6 is 0 Å². The minimum atomic E-state index is 0.634. The van der Waals surface area contributed by atoms with Gasteiger partial charge in [-0.3, -0.25) is 4.98 Å². The average molecular weight is 338 g/mol. The van der Waals surface area contributed by atoms with Gasteiger partial charge < -0.3 is 4.90 Å². The predicted molar refractivity (Wildman–Crippen MR) is 96.2 cm³/mol. The third kappa shape index (κ3) is 2.88. The molecule has 4 rings (SSSR count). The Balaban J connectivity index is 1.60. The van der Waals surface area contributed by atoms with Crippen LogP contribution in [0.4, 0.5) is 5.95 Å². The SMILES string of the molecule is Cc1ncc2nc(/C=C/c3nc(N4CCC(C)C4)nn3C)nn2c1C. The molecule has 25 heavy (non-hydrogen) atoms. The number of rotatable bonds is 3. The van der Waals surface area contributed by atoms with Crippen molar-refractivity contribution in [1.29, 1.82) is 0 Å². The summed E-state index contributed by atoms with van der Waals surface area (Å²) in [6, 6.07) is 0. The Hall–Kier alpha value is -2.77. The largest absolute Gasteiger partial charge is 0.339 e. The van der Waals surface area contributed by atoms with E-state index < -0.39 is 0 Å². The van der Waals surface area contributed by atoms with E-state index in [1.54, 1.807) is 10.9 Å². The molecule has 4 heterocycles. The van der Waals surface area contributed by atoms with Gasteiger partial charge in [0.25, 0.3) is 0 Å². The first-order valence-electron chi connectivity index (χ1n) is 8.54. The van der Waals surface area contributed by atoms with E-state index in [0.29, 0.717) is 11.7 Å². The molecule has 1 unspecified atom stereocenters. The molecule has 1 aliphatic rings. The molecule has 3 aromatic heterocycles. The number of aryl methyl sites for hydroxylation is 3. The van der Waals surface area contributed by atoms with Crippen LogP contribution in [0.5, 0.6) is 0 Å². The van der Waals surface area contributed by atoms with Gasteiger partial charge in [0.2, 0.25) is 5.95 Å². The van der Waals surface area contributed by atoms with Crippen molar-refractivity contribution in [2.45, 2.75) is 27.2 Å². The third-order valence-electron chi connectivity index (χ3n) is 4.74. The molecule has 0 aromatic carbocycles. The molecule has 8 heteroatoms. The molecule has 130 valence electrons. The molecular weight excluding hydrogens is 316 g/mol. The van der Waals surface area contributed by atoms with Gasteiger partial charge in [0, 0.05) is 20.1 Å². The predicted octanol–water partition coefficient (Wildman–Crippen LogP) is 1.89. The van der Waals surface area contributed by atoms with Crippen molar-refractivity contribution in [1.82, 2.24) is 34.3 Å². The number of anilines is 1. The van der Waals surface area contributed by atoms with Gasteiger partial charge in [-0.25, -0.2) is 14.2 Å². The van der Waals surface area contributed by atoms with Gasteiger partial charge in [0.15, 0.2) is 17.3 Å². The van der Waals surface area contributed by atoms with E-state index in [-0.39, 0.29) is 0 Å². The highest BCUT2D eigenvalue weighted by atomic mass is 15.4. The van der Waals surface area contributed by atoms with Gasteiger partial charge >= 0.3 is 0 Å². The minimum Gasteiger partial charge on any atom is -0.339 e. The van der Waals surface area contributed by atoms with Gasteiger partial charge in [-0.05, 0) is 38.3 Å². The number of hydrogen-bond donors (Lipinski definition) is 0. The zero-order valence-corrected chi connectivity index (χ0v) is 15.0. The van der Waals surface area contributed by atoms with Crippen LogP contribution in [0.2, 0.25) is 0 Å². The van der Waals surface area contributed by atoms with Crippen LogP contribution in [0.25, 0.3) is 17.8 Å². The van der Waals surface area contributed by atoms with Crippen LogP contribution in [0.3, 0.4) is 0 Å². The van der Waals surface area contributed by atoms with Crippen molar-refractivity contribution in [3.63, 3.8) is 0 Å². The Morgan fingerprint density at radius 2 is 2.00 bits per heavy atom. The molecular formula is C17H22N8. The lowest BCUT2D eigenvalue weighted by Gasteiger charge is -2.11. The maximum atomic E-state index is 4.64. The number of nitrogens with zero attached hydrogens (tertiary/aromatic N) is 8. The van der Waals surface area contributed by atoms with E-state index in [9.17, 15) is 0 Å². The van der Waals surface area contributed by atoms with Gasteiger partial charge in [-0.1, -0.05) is 6.92 Å². The molecule has 3 aromatic rings. The normalized spacial score (nSPS) is 18.1. The van der Waals surface area contributed by atoms with Crippen molar-refractivity contribution >= 4 is 23.7 Å². The molecule has 8 nitrogen and oxygen atoms in total. The van der Waals surface area contributed by atoms with Crippen LogP contribution in [0, 0.1) is 19.8 Å². The van der Waals surface area contributed by atoms with Gasteiger partial charge in [-0.15, -0.1) is 10.2 Å². The van der Waals surface area contributed by atoms with Gasteiger partial charge in [0.1, 0.15) is 0 Å². The fourth-order valence-corrected chi connectivity index (χ4v) is 3.07. The summed E-state index contributed by atoms with van der Waals surface area (Å²) in [5.41, 5.74) is 2.69. The van der Waals surface area contributed by atoms with E-state index in [1.165, 1.54) is 6.42 Å². The van der Waals surface area contributed by atoms with Crippen LogP contribution in [-0.4, -0.2) is 47.4 Å². The lowest BCUT2D eigenvalue weighted by atomic mass is 10.2. The number of aromatic nitrogens is 7. The second-order valence-corrected chi connectivity index (χ2v) is 6.74. The Bertz CT molecular complexity index is 951. The molecule has 1 saturated heterocycles. The summed E-state index contributed by atoms with van der Waals surface area (Å²) in [5, 5.41) is 9.05.